The molecule has 0 aliphatic heterocycles. The highest BCUT2D eigenvalue weighted by Crippen LogP contribution is 2.20. The van der Waals surface area contributed by atoms with Crippen molar-refractivity contribution in [3.63, 3.8) is 0 Å². The molecule has 0 saturated carbocycles. The number of aliphatic hydroxyl groups excluding tert-OH is 1. The van der Waals surface area contributed by atoms with Crippen LogP contribution in [0, 0.1) is 0 Å². The molecule has 1 aromatic carbocycles. The summed E-state index contributed by atoms with van der Waals surface area (Å²) in [6.07, 6.45) is 0.596. The number of halogens is 1. The van der Waals surface area contributed by atoms with E-state index in [0.717, 1.165) is 14.7 Å². The van der Waals surface area contributed by atoms with E-state index in [2.05, 4.69) is 4.98 Å². The van der Waals surface area contributed by atoms with Crippen LogP contribution in [-0.2, 0) is 30.0 Å². The van der Waals surface area contributed by atoms with Gasteiger partial charge in [0.15, 0.2) is 11.2 Å². The number of fused-ring (bicyclic) bond motifs is 1. The number of imidazole rings is 1. The fourth-order valence-electron chi connectivity index (χ4n) is 3.29. The number of benzene rings is 1. The summed E-state index contributed by atoms with van der Waals surface area (Å²) in [6.45, 7) is 1.63. The van der Waals surface area contributed by atoms with Gasteiger partial charge in [0.25, 0.3) is 5.56 Å². The van der Waals surface area contributed by atoms with Crippen molar-refractivity contribution in [2.75, 3.05) is 12.4 Å². The first-order valence-corrected chi connectivity index (χ1v) is 11.5. The van der Waals surface area contributed by atoms with Gasteiger partial charge in [0.1, 0.15) is 0 Å². The molecular formula is C19H23ClN4O5S. The molecule has 0 saturated heterocycles. The second-order valence-corrected chi connectivity index (χ2v) is 9.41. The maximum Gasteiger partial charge on any atom is 0.332 e. The van der Waals surface area contributed by atoms with E-state index in [9.17, 15) is 18.0 Å². The summed E-state index contributed by atoms with van der Waals surface area (Å²) >= 11 is 5.94. The summed E-state index contributed by atoms with van der Waals surface area (Å²) in [4.78, 5) is 30.0. The lowest BCUT2D eigenvalue weighted by atomic mass is 10.2. The first-order chi connectivity index (χ1) is 14.2. The van der Waals surface area contributed by atoms with Gasteiger partial charge < -0.3 is 9.67 Å². The van der Waals surface area contributed by atoms with Crippen molar-refractivity contribution in [2.45, 2.75) is 38.0 Å². The molecule has 0 spiro atoms. The molecule has 1 N–H and O–H groups in total. The molecule has 0 bridgehead atoms. The van der Waals surface area contributed by atoms with Crippen LogP contribution >= 0.6 is 11.6 Å². The minimum atomic E-state index is -3.79. The molecule has 3 aromatic rings. The first-order valence-electron chi connectivity index (χ1n) is 9.49. The SMILES string of the molecule is CCCS(=O)(=O)c1nc2c(c(=O)n(CCCO)c(=O)n2C)n1Cc1ccc(Cl)cc1. The van der Waals surface area contributed by atoms with Crippen molar-refractivity contribution in [3.8, 4) is 0 Å². The average molecular weight is 455 g/mol. The summed E-state index contributed by atoms with van der Waals surface area (Å²) in [5, 5.41) is 9.38. The topological polar surface area (TPSA) is 116 Å². The Balaban J connectivity index is 2.36. The monoisotopic (exact) mass is 454 g/mol. The van der Waals surface area contributed by atoms with Gasteiger partial charge in [-0.25, -0.2) is 13.2 Å². The molecule has 3 rings (SSSR count). The predicted octanol–water partition coefficient (Wildman–Crippen LogP) is 1.16. The summed E-state index contributed by atoms with van der Waals surface area (Å²) in [5.74, 6) is -0.135. The van der Waals surface area contributed by atoms with Crippen molar-refractivity contribution >= 4 is 32.6 Å². The van der Waals surface area contributed by atoms with E-state index in [-0.39, 0.29) is 48.2 Å². The highest BCUT2D eigenvalue weighted by Gasteiger charge is 2.27. The molecule has 0 radical (unpaired) electrons. The summed E-state index contributed by atoms with van der Waals surface area (Å²) in [6, 6.07) is 6.81. The molecule has 9 nitrogen and oxygen atoms in total. The average Bonchev–Trinajstić information content (AvgIpc) is 3.08. The van der Waals surface area contributed by atoms with Crippen LogP contribution in [-0.4, -0.2) is 44.6 Å². The third kappa shape index (κ3) is 4.07. The van der Waals surface area contributed by atoms with Crippen LogP contribution in [0.25, 0.3) is 11.2 Å². The molecule has 0 fully saturated rings. The van der Waals surface area contributed by atoms with E-state index in [1.807, 2.05) is 0 Å². The Morgan fingerprint density at radius 2 is 1.80 bits per heavy atom. The Hall–Kier alpha value is -2.43. The Kier molecular flexibility index (Phi) is 6.49. The molecule has 30 heavy (non-hydrogen) atoms. The summed E-state index contributed by atoms with van der Waals surface area (Å²) in [7, 11) is -2.35. The predicted molar refractivity (Wildman–Crippen MR) is 114 cm³/mol. The van der Waals surface area contributed by atoms with Crippen LogP contribution in [0.15, 0.2) is 39.0 Å². The molecule has 2 aromatic heterocycles. The van der Waals surface area contributed by atoms with Gasteiger partial charge in [-0.05, 0) is 30.5 Å². The maximum atomic E-state index is 13.2. The fraction of sp³-hybridized carbons (Fsp3) is 0.421. The third-order valence-corrected chi connectivity index (χ3v) is 6.81. The number of rotatable bonds is 8. The van der Waals surface area contributed by atoms with Crippen LogP contribution in [0.5, 0.6) is 0 Å². The summed E-state index contributed by atoms with van der Waals surface area (Å²) < 4.78 is 29.3. The Bertz CT molecular complexity index is 1290. The van der Waals surface area contributed by atoms with Crippen molar-refractivity contribution < 1.29 is 13.5 Å². The molecule has 2 heterocycles. The lowest BCUT2D eigenvalue weighted by Crippen LogP contribution is -2.40. The summed E-state index contributed by atoms with van der Waals surface area (Å²) in [5.41, 5.74) is -0.493. The van der Waals surface area contributed by atoms with Gasteiger partial charge in [0.2, 0.25) is 15.0 Å². The highest BCUT2D eigenvalue weighted by atomic mass is 35.5. The fourth-order valence-corrected chi connectivity index (χ4v) is 4.86. The second kappa shape index (κ2) is 8.75. The van der Waals surface area contributed by atoms with Gasteiger partial charge in [-0.3, -0.25) is 13.9 Å². The normalized spacial score (nSPS) is 12.0. The standard InChI is InChI=1S/C19H23ClN4O5S/c1-3-11-30(28,29)18-21-16-15(24(18)12-13-5-7-14(20)8-6-13)17(26)23(9-4-10-25)19(27)22(16)2/h5-8,25H,3-4,9-12H2,1-2H3. The molecule has 0 unspecified atom stereocenters. The van der Waals surface area contributed by atoms with Gasteiger partial charge in [0, 0.05) is 25.2 Å². The van der Waals surface area contributed by atoms with E-state index in [1.54, 1.807) is 31.2 Å². The largest absolute Gasteiger partial charge is 0.396 e. The number of aromatic nitrogens is 4. The zero-order valence-electron chi connectivity index (χ0n) is 16.7. The third-order valence-electron chi connectivity index (χ3n) is 4.74. The minimum absolute atomic E-state index is 0.00823. The molecular weight excluding hydrogens is 432 g/mol. The number of aliphatic hydroxyl groups is 1. The molecule has 0 aliphatic rings. The van der Waals surface area contributed by atoms with Gasteiger partial charge in [-0.1, -0.05) is 30.7 Å². The van der Waals surface area contributed by atoms with Crippen molar-refractivity contribution in [1.29, 1.82) is 0 Å². The molecule has 0 atom stereocenters. The Morgan fingerprint density at radius 3 is 2.40 bits per heavy atom. The lowest BCUT2D eigenvalue weighted by Gasteiger charge is -2.11. The number of hydrogen-bond donors (Lipinski definition) is 1. The van der Waals surface area contributed by atoms with Gasteiger partial charge in [-0.2, -0.15) is 4.98 Å². The van der Waals surface area contributed by atoms with Crippen LogP contribution in [0.4, 0.5) is 0 Å². The lowest BCUT2D eigenvalue weighted by molar-refractivity contribution is 0.277. The van der Waals surface area contributed by atoms with E-state index < -0.39 is 21.1 Å². The van der Waals surface area contributed by atoms with E-state index in [0.29, 0.717) is 11.4 Å². The number of aryl methyl sites for hydroxylation is 1. The number of sulfone groups is 1. The molecule has 11 heteroatoms. The van der Waals surface area contributed by atoms with Gasteiger partial charge in [0.05, 0.1) is 12.3 Å². The zero-order chi connectivity index (χ0) is 22.1. The van der Waals surface area contributed by atoms with Crippen LogP contribution in [0.2, 0.25) is 5.02 Å². The zero-order valence-corrected chi connectivity index (χ0v) is 18.3. The van der Waals surface area contributed by atoms with E-state index >= 15 is 0 Å². The van der Waals surface area contributed by atoms with Gasteiger partial charge >= 0.3 is 5.69 Å². The molecule has 0 amide bonds. The van der Waals surface area contributed by atoms with Gasteiger partial charge in [-0.15, -0.1) is 0 Å². The molecule has 162 valence electrons. The second-order valence-electron chi connectivity index (χ2n) is 6.97. The Labute approximate surface area is 178 Å². The maximum absolute atomic E-state index is 13.2. The van der Waals surface area contributed by atoms with E-state index in [4.69, 9.17) is 16.7 Å². The van der Waals surface area contributed by atoms with Crippen LogP contribution in [0.1, 0.15) is 25.3 Å². The molecule has 0 aliphatic carbocycles. The first kappa shape index (κ1) is 22.3. The van der Waals surface area contributed by atoms with Crippen molar-refractivity contribution in [1.82, 2.24) is 18.7 Å². The number of hydrogen-bond acceptors (Lipinski definition) is 6. The van der Waals surface area contributed by atoms with Crippen molar-refractivity contribution in [2.24, 2.45) is 7.05 Å². The minimum Gasteiger partial charge on any atom is -0.396 e. The Morgan fingerprint density at radius 1 is 1.13 bits per heavy atom. The smallest absolute Gasteiger partial charge is 0.332 e. The van der Waals surface area contributed by atoms with Crippen LogP contribution < -0.4 is 11.2 Å². The highest BCUT2D eigenvalue weighted by molar-refractivity contribution is 7.91. The quantitative estimate of drug-likeness (QED) is 0.546. The number of nitrogens with zero attached hydrogens (tertiary/aromatic N) is 4. The van der Waals surface area contributed by atoms with E-state index in [1.165, 1.54) is 11.6 Å². The van der Waals surface area contributed by atoms with Crippen molar-refractivity contribution in [3.05, 3.63) is 55.7 Å². The van der Waals surface area contributed by atoms with Crippen LogP contribution in [0.3, 0.4) is 0 Å².